The first-order valence-corrected chi connectivity index (χ1v) is 7.83. The summed E-state index contributed by atoms with van der Waals surface area (Å²) in [5.74, 6) is 0.689. The van der Waals surface area contributed by atoms with E-state index in [4.69, 9.17) is 0 Å². The average molecular weight is 306 g/mol. The lowest BCUT2D eigenvalue weighted by Crippen LogP contribution is -2.45. The smallest absolute Gasteiger partial charge is 0.319 e. The summed E-state index contributed by atoms with van der Waals surface area (Å²) in [6, 6.07) is -0.118. The highest BCUT2D eigenvalue weighted by Gasteiger charge is 2.16. The molecule has 0 spiro atoms. The highest BCUT2D eigenvalue weighted by Crippen LogP contribution is 2.18. The maximum absolute atomic E-state index is 12.1. The van der Waals surface area contributed by atoms with E-state index in [1.165, 1.54) is 25.6 Å². The maximum atomic E-state index is 12.1. The highest BCUT2D eigenvalue weighted by atomic mass is 16.2. The molecule has 7 nitrogen and oxygen atoms in total. The van der Waals surface area contributed by atoms with Gasteiger partial charge in [0.05, 0.1) is 6.20 Å². The summed E-state index contributed by atoms with van der Waals surface area (Å²) in [6.45, 7) is 5.18. The Hall–Kier alpha value is -1.89. The van der Waals surface area contributed by atoms with Crippen LogP contribution in [0.5, 0.6) is 0 Å². The summed E-state index contributed by atoms with van der Waals surface area (Å²) in [6.07, 6.45) is 6.91. The molecule has 2 N–H and O–H groups in total. The molecular formula is C15H26N6O. The lowest BCUT2D eigenvalue weighted by atomic mass is 10.1. The molecule has 0 aromatic carbocycles. The SMILES string of the molecule is C[C@H](CN1CCCCC1)NC(=O)Nc1cncnc1N(C)C. The molecule has 7 heteroatoms. The number of aromatic nitrogens is 2. The molecule has 1 aromatic heterocycles. The number of urea groups is 1. The van der Waals surface area contributed by atoms with E-state index in [1.54, 1.807) is 6.20 Å². The molecule has 0 unspecified atom stereocenters. The molecule has 0 bridgehead atoms. The van der Waals surface area contributed by atoms with Crippen molar-refractivity contribution in [2.45, 2.75) is 32.2 Å². The molecule has 0 aliphatic carbocycles. The Balaban J connectivity index is 1.84. The molecule has 2 rings (SSSR count). The van der Waals surface area contributed by atoms with Gasteiger partial charge in [-0.15, -0.1) is 0 Å². The third-order valence-electron chi connectivity index (χ3n) is 3.72. The zero-order chi connectivity index (χ0) is 15.9. The standard InChI is InChI=1S/C15H26N6O/c1-12(10-21-7-5-4-6-8-21)18-15(22)19-13-9-16-11-17-14(13)20(2)3/h9,11-12H,4-8,10H2,1-3H3,(H2,18,19,22)/t12-/m1/s1. The summed E-state index contributed by atoms with van der Waals surface area (Å²) in [7, 11) is 3.76. The third kappa shape index (κ3) is 4.84. The maximum Gasteiger partial charge on any atom is 0.319 e. The Bertz CT molecular complexity index is 487. The average Bonchev–Trinajstić information content (AvgIpc) is 2.48. The number of amides is 2. The number of rotatable bonds is 5. The van der Waals surface area contributed by atoms with Crippen molar-refractivity contribution in [3.05, 3.63) is 12.5 Å². The van der Waals surface area contributed by atoms with Crippen LogP contribution in [0, 0.1) is 0 Å². The van der Waals surface area contributed by atoms with Crippen molar-refractivity contribution in [3.63, 3.8) is 0 Å². The van der Waals surface area contributed by atoms with Gasteiger partial charge in [0.2, 0.25) is 0 Å². The van der Waals surface area contributed by atoms with E-state index in [0.717, 1.165) is 19.6 Å². The first kappa shape index (κ1) is 16.5. The summed E-state index contributed by atoms with van der Waals surface area (Å²) in [5, 5.41) is 5.80. The topological polar surface area (TPSA) is 73.4 Å². The van der Waals surface area contributed by atoms with E-state index in [0.29, 0.717) is 11.5 Å². The molecule has 1 aliphatic heterocycles. The Morgan fingerprint density at radius 1 is 1.36 bits per heavy atom. The van der Waals surface area contributed by atoms with Crippen LogP contribution in [0.15, 0.2) is 12.5 Å². The molecule has 2 heterocycles. The normalized spacial score (nSPS) is 16.9. The number of nitrogens with one attached hydrogen (secondary N) is 2. The molecule has 2 amide bonds. The highest BCUT2D eigenvalue weighted by molar-refractivity contribution is 5.92. The number of carbonyl (C=O) groups is 1. The molecule has 22 heavy (non-hydrogen) atoms. The first-order valence-electron chi connectivity index (χ1n) is 7.83. The van der Waals surface area contributed by atoms with Crippen LogP contribution >= 0.6 is 0 Å². The number of anilines is 2. The Kier molecular flexibility index (Phi) is 5.94. The third-order valence-corrected chi connectivity index (χ3v) is 3.72. The fourth-order valence-corrected chi connectivity index (χ4v) is 2.72. The number of hydrogen-bond donors (Lipinski definition) is 2. The Morgan fingerprint density at radius 3 is 2.77 bits per heavy atom. The Labute approximate surface area is 132 Å². The van der Waals surface area contributed by atoms with Gasteiger partial charge in [-0.05, 0) is 32.9 Å². The zero-order valence-corrected chi connectivity index (χ0v) is 13.7. The predicted molar refractivity (Wildman–Crippen MR) is 88.3 cm³/mol. The van der Waals surface area contributed by atoms with Crippen LogP contribution in [0.2, 0.25) is 0 Å². The van der Waals surface area contributed by atoms with Gasteiger partial charge in [0, 0.05) is 26.7 Å². The minimum Gasteiger partial charge on any atom is -0.361 e. The summed E-state index contributed by atoms with van der Waals surface area (Å²) >= 11 is 0. The molecule has 1 aromatic rings. The van der Waals surface area contributed by atoms with E-state index >= 15 is 0 Å². The van der Waals surface area contributed by atoms with E-state index in [2.05, 4.69) is 25.5 Å². The summed E-state index contributed by atoms with van der Waals surface area (Å²) < 4.78 is 0. The number of nitrogens with zero attached hydrogens (tertiary/aromatic N) is 4. The predicted octanol–water partition coefficient (Wildman–Crippen LogP) is 1.54. The fourth-order valence-electron chi connectivity index (χ4n) is 2.72. The molecular weight excluding hydrogens is 280 g/mol. The Morgan fingerprint density at radius 2 is 2.09 bits per heavy atom. The van der Waals surface area contributed by atoms with Crippen molar-refractivity contribution in [3.8, 4) is 0 Å². The monoisotopic (exact) mass is 306 g/mol. The fraction of sp³-hybridized carbons (Fsp3) is 0.667. The molecule has 1 saturated heterocycles. The molecule has 1 aliphatic rings. The van der Waals surface area contributed by atoms with Crippen molar-refractivity contribution in [1.29, 1.82) is 0 Å². The second-order valence-corrected chi connectivity index (χ2v) is 6.02. The van der Waals surface area contributed by atoms with Gasteiger partial charge in [-0.1, -0.05) is 6.42 Å². The van der Waals surface area contributed by atoms with Crippen molar-refractivity contribution in [2.24, 2.45) is 0 Å². The van der Waals surface area contributed by atoms with Gasteiger partial charge < -0.3 is 20.4 Å². The molecule has 0 radical (unpaired) electrons. The minimum atomic E-state index is -0.220. The van der Waals surface area contributed by atoms with Gasteiger partial charge in [-0.2, -0.15) is 0 Å². The second kappa shape index (κ2) is 7.93. The first-order chi connectivity index (χ1) is 10.6. The van der Waals surface area contributed by atoms with Crippen molar-refractivity contribution < 1.29 is 4.79 Å². The van der Waals surface area contributed by atoms with Crippen LogP contribution in [-0.4, -0.2) is 60.7 Å². The number of hydrogen-bond acceptors (Lipinski definition) is 5. The van der Waals surface area contributed by atoms with E-state index in [9.17, 15) is 4.79 Å². The summed E-state index contributed by atoms with van der Waals surface area (Å²) in [5.41, 5.74) is 0.607. The van der Waals surface area contributed by atoms with Gasteiger partial charge in [0.25, 0.3) is 0 Å². The number of likely N-dealkylation sites (tertiary alicyclic amines) is 1. The molecule has 122 valence electrons. The van der Waals surface area contributed by atoms with Crippen LogP contribution in [0.3, 0.4) is 0 Å². The van der Waals surface area contributed by atoms with Crippen LogP contribution in [0.4, 0.5) is 16.3 Å². The summed E-state index contributed by atoms with van der Waals surface area (Å²) in [4.78, 5) is 24.5. The zero-order valence-electron chi connectivity index (χ0n) is 13.7. The molecule has 1 fully saturated rings. The van der Waals surface area contributed by atoms with Gasteiger partial charge >= 0.3 is 6.03 Å². The number of carbonyl (C=O) groups excluding carboxylic acids is 1. The molecule has 1 atom stereocenters. The number of piperidine rings is 1. The van der Waals surface area contributed by atoms with E-state index in [-0.39, 0.29) is 12.1 Å². The van der Waals surface area contributed by atoms with Crippen LogP contribution in [-0.2, 0) is 0 Å². The van der Waals surface area contributed by atoms with Gasteiger partial charge in [-0.3, -0.25) is 0 Å². The second-order valence-electron chi connectivity index (χ2n) is 6.02. The molecule has 0 saturated carbocycles. The minimum absolute atomic E-state index is 0.102. The largest absolute Gasteiger partial charge is 0.361 e. The van der Waals surface area contributed by atoms with Crippen molar-refractivity contribution in [1.82, 2.24) is 20.2 Å². The van der Waals surface area contributed by atoms with Gasteiger partial charge in [0.1, 0.15) is 12.0 Å². The van der Waals surface area contributed by atoms with Crippen LogP contribution in [0.25, 0.3) is 0 Å². The van der Waals surface area contributed by atoms with Crippen LogP contribution < -0.4 is 15.5 Å². The lowest BCUT2D eigenvalue weighted by molar-refractivity contribution is 0.206. The van der Waals surface area contributed by atoms with Gasteiger partial charge in [0.15, 0.2) is 5.82 Å². The van der Waals surface area contributed by atoms with Crippen molar-refractivity contribution in [2.75, 3.05) is 43.9 Å². The quantitative estimate of drug-likeness (QED) is 0.863. The van der Waals surface area contributed by atoms with Gasteiger partial charge in [-0.25, -0.2) is 14.8 Å². The van der Waals surface area contributed by atoms with E-state index in [1.807, 2.05) is 25.9 Å². The van der Waals surface area contributed by atoms with Crippen LogP contribution in [0.1, 0.15) is 26.2 Å². The van der Waals surface area contributed by atoms with E-state index < -0.39 is 0 Å². The lowest BCUT2D eigenvalue weighted by Gasteiger charge is -2.29. The van der Waals surface area contributed by atoms with Crippen molar-refractivity contribution >= 4 is 17.5 Å².